The fraction of sp³-hybridized carbons (Fsp3) is 0.462. The van der Waals surface area contributed by atoms with E-state index in [-0.39, 0.29) is 5.78 Å². The molecule has 5 heteroatoms. The molecule has 2 rings (SSSR count). The quantitative estimate of drug-likeness (QED) is 0.766. The lowest BCUT2D eigenvalue weighted by Gasteiger charge is -2.18. The maximum atomic E-state index is 10.9. The highest BCUT2D eigenvalue weighted by Gasteiger charge is 2.15. The van der Waals surface area contributed by atoms with Gasteiger partial charge in [0.15, 0.2) is 0 Å². The number of nitrogens with zero attached hydrogens (tertiary/aromatic N) is 3. The lowest BCUT2D eigenvalue weighted by atomic mass is 10.1. The number of nitriles is 1. The molecule has 0 spiro atoms. The summed E-state index contributed by atoms with van der Waals surface area (Å²) >= 11 is 1.69. The summed E-state index contributed by atoms with van der Waals surface area (Å²) in [6.45, 7) is 2.76. The van der Waals surface area contributed by atoms with Gasteiger partial charge in [0.2, 0.25) is 0 Å². The summed E-state index contributed by atoms with van der Waals surface area (Å²) in [5.74, 6) is 0.245. The first-order chi connectivity index (χ1) is 8.69. The zero-order chi connectivity index (χ0) is 13.0. The van der Waals surface area contributed by atoms with Crippen LogP contribution in [0.15, 0.2) is 11.1 Å². The lowest BCUT2D eigenvalue weighted by Crippen LogP contribution is -2.23. The van der Waals surface area contributed by atoms with E-state index in [9.17, 15) is 4.79 Å². The van der Waals surface area contributed by atoms with Crippen LogP contribution in [0.4, 0.5) is 5.00 Å². The Bertz CT molecular complexity index is 513. The molecule has 94 valence electrons. The molecule has 18 heavy (non-hydrogen) atoms. The average molecular weight is 261 g/mol. The van der Waals surface area contributed by atoms with E-state index >= 15 is 0 Å². The van der Waals surface area contributed by atoms with Crippen molar-refractivity contribution in [2.75, 3.05) is 6.54 Å². The normalized spacial score (nSPS) is 13.2. The molecule has 0 unspecified atom stereocenters. The Hall–Kier alpha value is -1.67. The molecule has 0 saturated carbocycles. The smallest absolute Gasteiger partial charge is 0.129 e. The number of thiophene rings is 1. The predicted octanol–water partition coefficient (Wildman–Crippen LogP) is 2.66. The van der Waals surface area contributed by atoms with Gasteiger partial charge in [0.05, 0.1) is 12.4 Å². The molecule has 1 aromatic rings. The molecule has 0 amide bonds. The van der Waals surface area contributed by atoms with Crippen molar-refractivity contribution in [3.05, 3.63) is 16.5 Å². The maximum Gasteiger partial charge on any atom is 0.129 e. The third-order valence-corrected chi connectivity index (χ3v) is 3.92. The Morgan fingerprint density at radius 2 is 2.50 bits per heavy atom. The van der Waals surface area contributed by atoms with Crippen LogP contribution in [0.3, 0.4) is 0 Å². The van der Waals surface area contributed by atoms with Gasteiger partial charge in [0, 0.05) is 23.4 Å². The van der Waals surface area contributed by atoms with Crippen LogP contribution in [0, 0.1) is 11.3 Å². The summed E-state index contributed by atoms with van der Waals surface area (Å²) in [6, 6.07) is 4.28. The topological polar surface area (TPSA) is 56.5 Å². The Labute approximate surface area is 111 Å². The minimum absolute atomic E-state index is 0.245. The molecule has 0 aromatic carbocycles. The summed E-state index contributed by atoms with van der Waals surface area (Å²) in [7, 11) is 0. The van der Waals surface area contributed by atoms with Crippen molar-refractivity contribution in [3.8, 4) is 6.07 Å². The number of hydrogen-bond acceptors (Lipinski definition) is 5. The summed E-state index contributed by atoms with van der Waals surface area (Å²) in [5, 5.41) is 9.70. The zero-order valence-corrected chi connectivity index (χ0v) is 11.2. The van der Waals surface area contributed by atoms with Crippen LogP contribution in [-0.2, 0) is 17.8 Å². The van der Waals surface area contributed by atoms with Crippen LogP contribution >= 0.6 is 11.3 Å². The number of ketones is 1. The van der Waals surface area contributed by atoms with Gasteiger partial charge in [0.1, 0.15) is 17.3 Å². The number of aryl methyl sites for hydroxylation is 1. The van der Waals surface area contributed by atoms with Gasteiger partial charge in [0.25, 0.3) is 0 Å². The molecule has 0 bridgehead atoms. The van der Waals surface area contributed by atoms with Gasteiger partial charge in [-0.25, -0.2) is 4.99 Å². The number of hydrogen-bond donors (Lipinski definition) is 0. The first kappa shape index (κ1) is 12.8. The Kier molecular flexibility index (Phi) is 4.11. The number of carbonyl (C=O) groups is 1. The third-order valence-electron chi connectivity index (χ3n) is 2.78. The van der Waals surface area contributed by atoms with E-state index in [1.807, 2.05) is 4.90 Å². The number of rotatable bonds is 5. The van der Waals surface area contributed by atoms with Gasteiger partial charge in [-0.2, -0.15) is 5.26 Å². The highest BCUT2D eigenvalue weighted by atomic mass is 32.1. The first-order valence-electron chi connectivity index (χ1n) is 5.95. The first-order valence-corrected chi connectivity index (χ1v) is 6.77. The van der Waals surface area contributed by atoms with Gasteiger partial charge < -0.3 is 9.69 Å². The summed E-state index contributed by atoms with van der Waals surface area (Å²) < 4.78 is 0. The van der Waals surface area contributed by atoms with Crippen LogP contribution in [0.5, 0.6) is 0 Å². The zero-order valence-electron chi connectivity index (χ0n) is 10.3. The minimum atomic E-state index is 0.245. The highest BCUT2D eigenvalue weighted by Crippen LogP contribution is 2.34. The van der Waals surface area contributed by atoms with Crippen LogP contribution in [0.1, 0.15) is 30.2 Å². The molecular weight excluding hydrogens is 246 g/mol. The highest BCUT2D eigenvalue weighted by molar-refractivity contribution is 7.16. The molecule has 0 saturated heterocycles. The second-order valence-electron chi connectivity index (χ2n) is 4.41. The summed E-state index contributed by atoms with van der Waals surface area (Å²) in [4.78, 5) is 18.4. The summed E-state index contributed by atoms with van der Waals surface area (Å²) in [6.07, 6.45) is 4.22. The molecule has 0 aliphatic carbocycles. The van der Waals surface area contributed by atoms with Crippen molar-refractivity contribution < 1.29 is 4.79 Å². The Morgan fingerprint density at radius 1 is 1.67 bits per heavy atom. The van der Waals surface area contributed by atoms with Crippen LogP contribution in [-0.4, -0.2) is 23.6 Å². The SMILES string of the molecule is CC(=O)CCCc1cc2c(s1)N=CN(CC#N)C2. The fourth-order valence-electron chi connectivity index (χ4n) is 1.91. The molecular formula is C13H15N3OS. The van der Waals surface area contributed by atoms with Crippen molar-refractivity contribution in [2.45, 2.75) is 32.7 Å². The van der Waals surface area contributed by atoms with E-state index in [0.717, 1.165) is 24.4 Å². The molecule has 1 aromatic heterocycles. The Morgan fingerprint density at radius 3 is 3.22 bits per heavy atom. The van der Waals surface area contributed by atoms with Gasteiger partial charge in [-0.3, -0.25) is 0 Å². The predicted molar refractivity (Wildman–Crippen MR) is 72.1 cm³/mol. The van der Waals surface area contributed by atoms with E-state index in [2.05, 4.69) is 17.1 Å². The number of Topliss-reactive ketones (excluding diaryl/α,β-unsaturated/α-hetero) is 1. The largest absolute Gasteiger partial charge is 0.345 e. The molecule has 0 atom stereocenters. The van der Waals surface area contributed by atoms with E-state index < -0.39 is 0 Å². The monoisotopic (exact) mass is 261 g/mol. The van der Waals surface area contributed by atoms with Gasteiger partial charge in [-0.05, 0) is 25.8 Å². The van der Waals surface area contributed by atoms with Crippen LogP contribution in [0.2, 0.25) is 0 Å². The van der Waals surface area contributed by atoms with Crippen LogP contribution in [0.25, 0.3) is 0 Å². The van der Waals surface area contributed by atoms with Crippen LogP contribution < -0.4 is 0 Å². The molecule has 0 N–H and O–H groups in total. The number of carbonyl (C=O) groups excluding carboxylic acids is 1. The van der Waals surface area contributed by atoms with Crippen molar-refractivity contribution in [2.24, 2.45) is 4.99 Å². The number of fused-ring (bicyclic) bond motifs is 1. The standard InChI is InChI=1S/C13H15N3OS/c1-10(17)3-2-4-12-7-11-8-16(6-5-14)9-15-13(11)18-12/h7,9H,2-4,6,8H2,1H3. The fourth-order valence-corrected chi connectivity index (χ4v) is 2.96. The minimum Gasteiger partial charge on any atom is -0.345 e. The van der Waals surface area contributed by atoms with Gasteiger partial charge in [-0.15, -0.1) is 11.3 Å². The van der Waals surface area contributed by atoms with Crippen molar-refractivity contribution >= 4 is 28.5 Å². The van der Waals surface area contributed by atoms with E-state index in [1.54, 1.807) is 24.6 Å². The average Bonchev–Trinajstić information content (AvgIpc) is 2.71. The molecule has 1 aliphatic heterocycles. The molecule has 4 nitrogen and oxygen atoms in total. The van der Waals surface area contributed by atoms with E-state index in [1.165, 1.54) is 10.4 Å². The van der Waals surface area contributed by atoms with Crippen molar-refractivity contribution in [1.82, 2.24) is 4.90 Å². The number of aliphatic imine (C=N–C) groups is 1. The molecule has 2 heterocycles. The molecule has 0 fully saturated rings. The molecule has 0 radical (unpaired) electrons. The van der Waals surface area contributed by atoms with E-state index in [4.69, 9.17) is 5.26 Å². The van der Waals surface area contributed by atoms with Gasteiger partial charge >= 0.3 is 0 Å². The van der Waals surface area contributed by atoms with E-state index in [0.29, 0.717) is 13.0 Å². The van der Waals surface area contributed by atoms with Gasteiger partial charge in [-0.1, -0.05) is 0 Å². The van der Waals surface area contributed by atoms with Crippen molar-refractivity contribution in [3.63, 3.8) is 0 Å². The third kappa shape index (κ3) is 3.17. The maximum absolute atomic E-state index is 10.9. The van der Waals surface area contributed by atoms with Crippen molar-refractivity contribution in [1.29, 1.82) is 5.26 Å². The second kappa shape index (κ2) is 5.78. The Balaban J connectivity index is 1.96. The lowest BCUT2D eigenvalue weighted by molar-refractivity contribution is -0.117. The summed E-state index contributed by atoms with van der Waals surface area (Å²) in [5.41, 5.74) is 1.19. The second-order valence-corrected chi connectivity index (χ2v) is 5.52. The molecule has 1 aliphatic rings.